The van der Waals surface area contributed by atoms with E-state index in [9.17, 15) is 4.79 Å². The number of benzene rings is 1. The van der Waals surface area contributed by atoms with Crippen molar-refractivity contribution in [2.24, 2.45) is 0 Å². The first-order valence-corrected chi connectivity index (χ1v) is 6.33. The molecule has 1 amide bonds. The highest BCUT2D eigenvalue weighted by molar-refractivity contribution is 6.31. The molecule has 0 saturated heterocycles. The van der Waals surface area contributed by atoms with Crippen LogP contribution in [0.2, 0.25) is 5.02 Å². The summed E-state index contributed by atoms with van der Waals surface area (Å²) in [6, 6.07) is 9.13. The molecule has 5 heteroatoms. The van der Waals surface area contributed by atoms with Gasteiger partial charge in [0.05, 0.1) is 12.1 Å². The summed E-state index contributed by atoms with van der Waals surface area (Å²) in [4.78, 5) is 16.7. The maximum Gasteiger partial charge on any atom is 0.255 e. The van der Waals surface area contributed by atoms with Crippen molar-refractivity contribution in [3.05, 3.63) is 52.8 Å². The van der Waals surface area contributed by atoms with Crippen molar-refractivity contribution >= 4 is 23.2 Å². The molecule has 0 spiro atoms. The second-order valence-electron chi connectivity index (χ2n) is 4.44. The fraction of sp³-hybridized carbons (Fsp3) is 0.214. The average molecular weight is 278 g/mol. The predicted molar refractivity (Wildman–Crippen MR) is 77.6 cm³/mol. The second kappa shape index (κ2) is 5.80. The van der Waals surface area contributed by atoms with Gasteiger partial charge in [-0.3, -0.25) is 4.79 Å². The number of carbonyl (C=O) groups excluding carboxylic acids is 1. The summed E-state index contributed by atoms with van der Waals surface area (Å²) in [5.74, 6) is -0.0503. The molecule has 1 aromatic carbocycles. The van der Waals surface area contributed by atoms with Gasteiger partial charge in [-0.25, -0.2) is 0 Å². The SMILES string of the molecule is CN(C)C(=O)c1ccc(Cl)cc1NCc1ccc[nH]1. The molecule has 0 saturated carbocycles. The number of aromatic amines is 1. The van der Waals surface area contributed by atoms with Crippen molar-refractivity contribution in [2.45, 2.75) is 6.54 Å². The van der Waals surface area contributed by atoms with Gasteiger partial charge >= 0.3 is 0 Å². The Morgan fingerprint density at radius 1 is 1.37 bits per heavy atom. The van der Waals surface area contributed by atoms with Gasteiger partial charge in [0.15, 0.2) is 0 Å². The zero-order valence-corrected chi connectivity index (χ0v) is 11.7. The number of aromatic nitrogens is 1. The molecule has 0 bridgehead atoms. The molecule has 1 aromatic heterocycles. The Morgan fingerprint density at radius 3 is 2.79 bits per heavy atom. The number of amides is 1. The van der Waals surface area contributed by atoms with Gasteiger partial charge in [0.1, 0.15) is 0 Å². The minimum absolute atomic E-state index is 0.0503. The molecule has 0 aliphatic rings. The molecule has 0 atom stereocenters. The number of halogens is 1. The fourth-order valence-corrected chi connectivity index (χ4v) is 1.93. The van der Waals surface area contributed by atoms with Crippen LogP contribution in [0.3, 0.4) is 0 Å². The van der Waals surface area contributed by atoms with Gasteiger partial charge < -0.3 is 15.2 Å². The lowest BCUT2D eigenvalue weighted by molar-refractivity contribution is 0.0828. The quantitative estimate of drug-likeness (QED) is 0.903. The van der Waals surface area contributed by atoms with E-state index < -0.39 is 0 Å². The van der Waals surface area contributed by atoms with Crippen molar-refractivity contribution in [1.82, 2.24) is 9.88 Å². The molecule has 4 nitrogen and oxygen atoms in total. The van der Waals surface area contributed by atoms with Gasteiger partial charge in [0.25, 0.3) is 5.91 Å². The summed E-state index contributed by atoms with van der Waals surface area (Å²) in [6.07, 6.45) is 1.86. The highest BCUT2D eigenvalue weighted by Gasteiger charge is 2.13. The van der Waals surface area contributed by atoms with E-state index in [1.165, 1.54) is 0 Å². The lowest BCUT2D eigenvalue weighted by Gasteiger charge is -2.15. The van der Waals surface area contributed by atoms with Crippen LogP contribution in [0.25, 0.3) is 0 Å². The number of nitrogens with one attached hydrogen (secondary N) is 2. The number of nitrogens with zero attached hydrogens (tertiary/aromatic N) is 1. The summed E-state index contributed by atoms with van der Waals surface area (Å²) in [6.45, 7) is 0.612. The first kappa shape index (κ1) is 13.5. The van der Waals surface area contributed by atoms with Crippen LogP contribution in [0, 0.1) is 0 Å². The monoisotopic (exact) mass is 277 g/mol. The van der Waals surface area contributed by atoms with E-state index in [1.807, 2.05) is 18.3 Å². The van der Waals surface area contributed by atoms with E-state index in [-0.39, 0.29) is 5.91 Å². The van der Waals surface area contributed by atoms with E-state index in [0.29, 0.717) is 17.1 Å². The third-order valence-electron chi connectivity index (χ3n) is 2.75. The molecule has 0 aliphatic carbocycles. The summed E-state index contributed by atoms with van der Waals surface area (Å²) in [7, 11) is 3.46. The summed E-state index contributed by atoms with van der Waals surface area (Å²) < 4.78 is 0. The Hall–Kier alpha value is -1.94. The van der Waals surface area contributed by atoms with E-state index in [2.05, 4.69) is 10.3 Å². The third kappa shape index (κ3) is 3.29. The Balaban J connectivity index is 2.22. The predicted octanol–water partition coefficient (Wildman–Crippen LogP) is 2.98. The van der Waals surface area contributed by atoms with Gasteiger partial charge in [-0.2, -0.15) is 0 Å². The largest absolute Gasteiger partial charge is 0.379 e. The van der Waals surface area contributed by atoms with Crippen molar-refractivity contribution in [3.63, 3.8) is 0 Å². The van der Waals surface area contributed by atoms with E-state index in [1.54, 1.807) is 37.2 Å². The first-order chi connectivity index (χ1) is 9.08. The highest BCUT2D eigenvalue weighted by atomic mass is 35.5. The minimum Gasteiger partial charge on any atom is -0.379 e. The maximum absolute atomic E-state index is 12.1. The smallest absolute Gasteiger partial charge is 0.255 e. The number of hydrogen-bond acceptors (Lipinski definition) is 2. The van der Waals surface area contributed by atoms with Crippen molar-refractivity contribution in [1.29, 1.82) is 0 Å². The number of anilines is 1. The van der Waals surface area contributed by atoms with Crippen LogP contribution in [0.1, 0.15) is 16.1 Å². The Morgan fingerprint density at radius 2 is 2.16 bits per heavy atom. The Labute approximate surface area is 117 Å². The Kier molecular flexibility index (Phi) is 4.12. The van der Waals surface area contributed by atoms with Gasteiger partial charge in [-0.1, -0.05) is 11.6 Å². The summed E-state index contributed by atoms with van der Waals surface area (Å²) in [5, 5.41) is 3.83. The zero-order valence-electron chi connectivity index (χ0n) is 10.9. The van der Waals surface area contributed by atoms with Gasteiger partial charge in [-0.15, -0.1) is 0 Å². The lowest BCUT2D eigenvalue weighted by Crippen LogP contribution is -2.23. The number of rotatable bonds is 4. The summed E-state index contributed by atoms with van der Waals surface area (Å²) >= 11 is 5.99. The molecule has 0 aliphatic heterocycles. The lowest BCUT2D eigenvalue weighted by atomic mass is 10.1. The van der Waals surface area contributed by atoms with E-state index in [0.717, 1.165) is 11.4 Å². The van der Waals surface area contributed by atoms with Crippen molar-refractivity contribution in [2.75, 3.05) is 19.4 Å². The highest BCUT2D eigenvalue weighted by Crippen LogP contribution is 2.22. The first-order valence-electron chi connectivity index (χ1n) is 5.95. The van der Waals surface area contributed by atoms with Crippen molar-refractivity contribution < 1.29 is 4.79 Å². The molecular formula is C14H16ClN3O. The van der Waals surface area contributed by atoms with Crippen LogP contribution >= 0.6 is 11.6 Å². The normalized spacial score (nSPS) is 10.3. The number of hydrogen-bond donors (Lipinski definition) is 2. The molecule has 2 aromatic rings. The van der Waals surface area contributed by atoms with Crippen LogP contribution in [-0.2, 0) is 6.54 Å². The van der Waals surface area contributed by atoms with E-state index in [4.69, 9.17) is 11.6 Å². The fourth-order valence-electron chi connectivity index (χ4n) is 1.76. The van der Waals surface area contributed by atoms with E-state index >= 15 is 0 Å². The summed E-state index contributed by atoms with van der Waals surface area (Å²) in [5.41, 5.74) is 2.39. The molecule has 19 heavy (non-hydrogen) atoms. The standard InChI is InChI=1S/C14H16ClN3O/c1-18(2)14(19)12-6-5-10(15)8-13(12)17-9-11-4-3-7-16-11/h3-8,16-17H,9H2,1-2H3. The molecular weight excluding hydrogens is 262 g/mol. The van der Waals surface area contributed by atoms with Crippen LogP contribution in [0.5, 0.6) is 0 Å². The molecule has 0 radical (unpaired) electrons. The Bertz CT molecular complexity index is 564. The molecule has 0 fully saturated rings. The van der Waals surface area contributed by atoms with Gasteiger partial charge in [-0.05, 0) is 30.3 Å². The molecule has 2 N–H and O–H groups in total. The molecule has 1 heterocycles. The zero-order chi connectivity index (χ0) is 13.8. The average Bonchev–Trinajstić information content (AvgIpc) is 2.88. The molecule has 0 unspecified atom stereocenters. The number of H-pyrrole nitrogens is 1. The second-order valence-corrected chi connectivity index (χ2v) is 4.87. The maximum atomic E-state index is 12.1. The number of carbonyl (C=O) groups is 1. The minimum atomic E-state index is -0.0503. The van der Waals surface area contributed by atoms with Crippen LogP contribution in [-0.4, -0.2) is 29.9 Å². The van der Waals surface area contributed by atoms with Gasteiger partial charge in [0.2, 0.25) is 0 Å². The molecule has 2 rings (SSSR count). The van der Waals surface area contributed by atoms with Crippen LogP contribution < -0.4 is 5.32 Å². The third-order valence-corrected chi connectivity index (χ3v) is 2.98. The molecule has 100 valence electrons. The van der Waals surface area contributed by atoms with Crippen molar-refractivity contribution in [3.8, 4) is 0 Å². The topological polar surface area (TPSA) is 48.1 Å². The van der Waals surface area contributed by atoms with Crippen LogP contribution in [0.15, 0.2) is 36.5 Å². The van der Waals surface area contributed by atoms with Gasteiger partial charge in [0, 0.05) is 36.7 Å². The van der Waals surface area contributed by atoms with Crippen LogP contribution in [0.4, 0.5) is 5.69 Å².